The second-order valence-electron chi connectivity index (χ2n) is 4.76. The summed E-state index contributed by atoms with van der Waals surface area (Å²) in [5.41, 5.74) is 5.55. The number of hydrogen-bond donors (Lipinski definition) is 1. The van der Waals surface area contributed by atoms with Gasteiger partial charge in [0.15, 0.2) is 4.34 Å². The smallest absolute Gasteiger partial charge is 0.236 e. The van der Waals surface area contributed by atoms with Crippen molar-refractivity contribution in [1.82, 2.24) is 15.1 Å². The fourth-order valence-electron chi connectivity index (χ4n) is 2.42. The highest BCUT2D eigenvalue weighted by molar-refractivity contribution is 8.02. The predicted molar refractivity (Wildman–Crippen MR) is 79.3 cm³/mol. The quantitative estimate of drug-likeness (QED) is 0.864. The van der Waals surface area contributed by atoms with E-state index in [4.69, 9.17) is 5.73 Å². The van der Waals surface area contributed by atoms with Crippen molar-refractivity contribution in [1.29, 1.82) is 0 Å². The summed E-state index contributed by atoms with van der Waals surface area (Å²) in [6, 6.07) is 0.406. The molecule has 106 valence electrons. The Morgan fingerprint density at radius 1 is 1.58 bits per heavy atom. The van der Waals surface area contributed by atoms with Gasteiger partial charge in [-0.1, -0.05) is 30.0 Å². The largest absolute Gasteiger partial charge is 0.374 e. The summed E-state index contributed by atoms with van der Waals surface area (Å²) in [4.78, 5) is 14.6. The molecule has 1 amide bonds. The van der Waals surface area contributed by atoms with Crippen molar-refractivity contribution in [3.05, 3.63) is 0 Å². The minimum Gasteiger partial charge on any atom is -0.374 e. The number of nitrogen functional groups attached to an aromatic ring is 1. The van der Waals surface area contributed by atoms with Gasteiger partial charge in [0.2, 0.25) is 11.0 Å². The number of carbonyl (C=O) groups excluding carboxylic acids is 1. The van der Waals surface area contributed by atoms with Crippen molar-refractivity contribution in [2.45, 2.75) is 55.2 Å². The molecule has 7 heteroatoms. The normalized spacial score (nSPS) is 21.4. The van der Waals surface area contributed by atoms with Crippen LogP contribution in [0.3, 0.4) is 0 Å². The Morgan fingerprint density at radius 3 is 3.00 bits per heavy atom. The molecule has 1 aliphatic heterocycles. The molecule has 1 aromatic heterocycles. The maximum atomic E-state index is 12.5. The van der Waals surface area contributed by atoms with Gasteiger partial charge in [0.05, 0.1) is 5.25 Å². The van der Waals surface area contributed by atoms with Gasteiger partial charge in [-0.15, -0.1) is 10.2 Å². The van der Waals surface area contributed by atoms with E-state index in [1.807, 2.05) is 11.8 Å². The lowest BCUT2D eigenvalue weighted by Crippen LogP contribution is -2.46. The average molecular weight is 300 g/mol. The van der Waals surface area contributed by atoms with Crippen LogP contribution < -0.4 is 5.73 Å². The van der Waals surface area contributed by atoms with Crippen molar-refractivity contribution in [3.8, 4) is 0 Å². The molecule has 0 saturated carbocycles. The maximum absolute atomic E-state index is 12.5. The van der Waals surface area contributed by atoms with Crippen LogP contribution >= 0.6 is 23.1 Å². The summed E-state index contributed by atoms with van der Waals surface area (Å²) < 4.78 is 0.767. The van der Waals surface area contributed by atoms with Crippen LogP contribution in [0.15, 0.2) is 4.34 Å². The molecule has 0 unspecified atom stereocenters. The van der Waals surface area contributed by atoms with Crippen LogP contribution in [0.1, 0.15) is 39.5 Å². The number of rotatable bonds is 4. The van der Waals surface area contributed by atoms with Gasteiger partial charge in [-0.3, -0.25) is 4.79 Å². The van der Waals surface area contributed by atoms with Crippen molar-refractivity contribution >= 4 is 34.1 Å². The third-order valence-electron chi connectivity index (χ3n) is 3.43. The van der Waals surface area contributed by atoms with Crippen molar-refractivity contribution < 1.29 is 4.79 Å². The van der Waals surface area contributed by atoms with Crippen LogP contribution in [0.5, 0.6) is 0 Å². The van der Waals surface area contributed by atoms with Gasteiger partial charge in [-0.05, 0) is 32.6 Å². The van der Waals surface area contributed by atoms with E-state index in [-0.39, 0.29) is 11.2 Å². The lowest BCUT2D eigenvalue weighted by Gasteiger charge is -2.36. The highest BCUT2D eigenvalue weighted by atomic mass is 32.2. The zero-order valence-corrected chi connectivity index (χ0v) is 13.0. The molecule has 0 aliphatic carbocycles. The van der Waals surface area contributed by atoms with Crippen molar-refractivity contribution in [3.63, 3.8) is 0 Å². The van der Waals surface area contributed by atoms with Crippen molar-refractivity contribution in [2.24, 2.45) is 0 Å². The molecule has 2 atom stereocenters. The van der Waals surface area contributed by atoms with Crippen LogP contribution in [-0.4, -0.2) is 38.8 Å². The van der Waals surface area contributed by atoms with E-state index in [2.05, 4.69) is 17.1 Å². The van der Waals surface area contributed by atoms with Crippen LogP contribution in [0.2, 0.25) is 0 Å². The van der Waals surface area contributed by atoms with Crippen LogP contribution in [0.25, 0.3) is 0 Å². The molecule has 1 fully saturated rings. The van der Waals surface area contributed by atoms with Gasteiger partial charge in [0.1, 0.15) is 0 Å². The van der Waals surface area contributed by atoms with Gasteiger partial charge in [-0.25, -0.2) is 0 Å². The number of hydrogen-bond acceptors (Lipinski definition) is 6. The number of amides is 1. The highest BCUT2D eigenvalue weighted by Gasteiger charge is 2.29. The van der Waals surface area contributed by atoms with Gasteiger partial charge in [0, 0.05) is 12.6 Å². The fourth-order valence-corrected chi connectivity index (χ4v) is 4.27. The zero-order valence-electron chi connectivity index (χ0n) is 11.3. The van der Waals surface area contributed by atoms with Gasteiger partial charge in [-0.2, -0.15) is 0 Å². The molecule has 2 rings (SSSR count). The summed E-state index contributed by atoms with van der Waals surface area (Å²) in [6.07, 6.45) is 4.52. The lowest BCUT2D eigenvalue weighted by atomic mass is 10.00. The molecule has 0 radical (unpaired) electrons. The summed E-state index contributed by atoms with van der Waals surface area (Å²) in [6.45, 7) is 4.98. The second-order valence-corrected chi connectivity index (χ2v) is 7.35. The fraction of sp³-hybridized carbons (Fsp3) is 0.750. The Labute approximate surface area is 122 Å². The Balaban J connectivity index is 1.97. The third-order valence-corrected chi connectivity index (χ3v) is 5.35. The first-order chi connectivity index (χ1) is 9.11. The monoisotopic (exact) mass is 300 g/mol. The van der Waals surface area contributed by atoms with E-state index in [0.717, 1.165) is 30.1 Å². The number of aromatic nitrogens is 2. The molecule has 1 aliphatic rings. The molecule has 2 N–H and O–H groups in total. The first-order valence-corrected chi connectivity index (χ1v) is 8.37. The zero-order chi connectivity index (χ0) is 13.8. The number of thioether (sulfide) groups is 1. The minimum absolute atomic E-state index is 0.125. The van der Waals surface area contributed by atoms with E-state index in [0.29, 0.717) is 11.2 Å². The number of anilines is 1. The summed E-state index contributed by atoms with van der Waals surface area (Å²) in [5.74, 6) is 0.213. The van der Waals surface area contributed by atoms with Crippen LogP contribution in [0, 0.1) is 0 Å². The Kier molecular flexibility index (Phi) is 5.04. The Hall–Kier alpha value is -0.820. The molecule has 0 spiro atoms. The van der Waals surface area contributed by atoms with Crippen molar-refractivity contribution in [2.75, 3.05) is 12.3 Å². The van der Waals surface area contributed by atoms with E-state index >= 15 is 0 Å². The number of likely N-dealkylation sites (tertiary alicyclic amines) is 1. The molecule has 0 aromatic carbocycles. The minimum atomic E-state index is -0.125. The summed E-state index contributed by atoms with van der Waals surface area (Å²) in [7, 11) is 0. The maximum Gasteiger partial charge on any atom is 0.236 e. The molecule has 1 aromatic rings. The molecule has 1 saturated heterocycles. The number of nitrogens with two attached hydrogens (primary N) is 1. The summed E-state index contributed by atoms with van der Waals surface area (Å²) >= 11 is 2.79. The first kappa shape index (κ1) is 14.6. The Morgan fingerprint density at radius 2 is 2.37 bits per heavy atom. The SMILES string of the molecule is CC[C@@H]1CCCCN1C(=O)[C@H](C)Sc1nnc(N)s1. The molecular weight excluding hydrogens is 280 g/mol. The Bertz CT molecular complexity index is 437. The van der Waals surface area contributed by atoms with E-state index in [1.165, 1.54) is 29.5 Å². The molecule has 2 heterocycles. The molecule has 0 bridgehead atoms. The molecule has 5 nitrogen and oxygen atoms in total. The molecular formula is C12H20N4OS2. The molecule has 19 heavy (non-hydrogen) atoms. The van der Waals surface area contributed by atoms with Gasteiger partial charge in [0.25, 0.3) is 0 Å². The second kappa shape index (κ2) is 6.56. The predicted octanol–water partition coefficient (Wildman–Crippen LogP) is 2.39. The standard InChI is InChI=1S/C12H20N4OS2/c1-3-9-6-4-5-7-16(9)10(17)8(2)18-12-15-14-11(13)19-12/h8-9H,3-7H2,1-2H3,(H2,13,14)/t8-,9+/m0/s1. The van der Waals surface area contributed by atoms with Crippen LogP contribution in [0.4, 0.5) is 5.13 Å². The van der Waals surface area contributed by atoms with Gasteiger partial charge < -0.3 is 10.6 Å². The first-order valence-electron chi connectivity index (χ1n) is 6.68. The third kappa shape index (κ3) is 3.60. The number of piperidine rings is 1. The van der Waals surface area contributed by atoms with Crippen LogP contribution in [-0.2, 0) is 4.79 Å². The number of nitrogens with zero attached hydrogens (tertiary/aromatic N) is 3. The van der Waals surface area contributed by atoms with E-state index in [1.54, 1.807) is 0 Å². The lowest BCUT2D eigenvalue weighted by molar-refractivity contribution is -0.134. The topological polar surface area (TPSA) is 72.1 Å². The summed E-state index contributed by atoms with van der Waals surface area (Å²) in [5, 5.41) is 8.06. The number of carbonyl (C=O) groups is 1. The average Bonchev–Trinajstić information content (AvgIpc) is 2.83. The van der Waals surface area contributed by atoms with E-state index in [9.17, 15) is 4.79 Å². The van der Waals surface area contributed by atoms with Gasteiger partial charge >= 0.3 is 0 Å². The van der Waals surface area contributed by atoms with E-state index < -0.39 is 0 Å². The highest BCUT2D eigenvalue weighted by Crippen LogP contribution is 2.30.